The lowest BCUT2D eigenvalue weighted by molar-refractivity contribution is -0.110. The Morgan fingerprint density at radius 3 is 3.06 bits per heavy atom. The first-order valence-corrected chi connectivity index (χ1v) is 5.61. The fourth-order valence-electron chi connectivity index (χ4n) is 1.85. The lowest BCUT2D eigenvalue weighted by atomic mass is 9.97. The van der Waals surface area contributed by atoms with Crippen molar-refractivity contribution in [2.45, 2.75) is 25.3 Å². The number of carbonyl (C=O) groups is 1. The summed E-state index contributed by atoms with van der Waals surface area (Å²) in [6.45, 7) is 0. The van der Waals surface area contributed by atoms with E-state index in [-0.39, 0.29) is 6.04 Å². The van der Waals surface area contributed by atoms with Crippen LogP contribution in [-0.2, 0) is 14.3 Å². The van der Waals surface area contributed by atoms with E-state index in [1.165, 1.54) is 24.4 Å². The van der Waals surface area contributed by atoms with Crippen molar-refractivity contribution in [3.63, 3.8) is 0 Å². The third-order valence-electron chi connectivity index (χ3n) is 2.70. The normalized spacial score (nSPS) is 19.5. The van der Waals surface area contributed by atoms with Crippen LogP contribution in [0.3, 0.4) is 0 Å². The van der Waals surface area contributed by atoms with Crippen molar-refractivity contribution in [2.24, 2.45) is 0 Å². The topological polar surface area (TPSA) is 47.6 Å². The molecule has 1 aliphatic heterocycles. The molecule has 0 bridgehead atoms. The lowest BCUT2D eigenvalue weighted by Gasteiger charge is -2.21. The number of hydrogen-bond acceptors (Lipinski definition) is 3. The minimum Gasteiger partial charge on any atom is -0.466 e. The van der Waals surface area contributed by atoms with Crippen molar-refractivity contribution in [2.75, 3.05) is 0 Å². The standard InChI is InChI=1S/C13H15NO3/c15-10-14-12(13-9-16-6-7-17-13)8-11-4-2-1-3-5-11/h1-2,4,6-7,9-10,12H,3,5,8H2,(H,14,15). The third kappa shape index (κ3) is 3.24. The number of ether oxygens (including phenoxy) is 2. The Bertz CT molecular complexity index is 393. The van der Waals surface area contributed by atoms with Gasteiger partial charge in [0, 0.05) is 0 Å². The molecule has 0 spiro atoms. The van der Waals surface area contributed by atoms with Gasteiger partial charge in [-0.15, -0.1) is 0 Å². The van der Waals surface area contributed by atoms with Crippen molar-refractivity contribution >= 4 is 6.41 Å². The smallest absolute Gasteiger partial charge is 0.207 e. The monoisotopic (exact) mass is 233 g/mol. The fourth-order valence-corrected chi connectivity index (χ4v) is 1.85. The van der Waals surface area contributed by atoms with E-state index >= 15 is 0 Å². The first kappa shape index (κ1) is 11.5. The number of amides is 1. The maximum absolute atomic E-state index is 10.6. The highest BCUT2D eigenvalue weighted by Crippen LogP contribution is 2.22. The van der Waals surface area contributed by atoms with Gasteiger partial charge in [-0.05, 0) is 19.3 Å². The Morgan fingerprint density at radius 2 is 2.41 bits per heavy atom. The first-order valence-electron chi connectivity index (χ1n) is 5.61. The summed E-state index contributed by atoms with van der Waals surface area (Å²) in [4.78, 5) is 10.6. The minimum atomic E-state index is -0.171. The highest BCUT2D eigenvalue weighted by Gasteiger charge is 2.18. The summed E-state index contributed by atoms with van der Waals surface area (Å²) < 4.78 is 10.4. The van der Waals surface area contributed by atoms with Gasteiger partial charge in [0.25, 0.3) is 0 Å². The van der Waals surface area contributed by atoms with E-state index in [1.54, 1.807) is 0 Å². The molecule has 2 rings (SSSR count). The van der Waals surface area contributed by atoms with Crippen molar-refractivity contribution < 1.29 is 14.3 Å². The molecule has 0 aromatic carbocycles. The van der Waals surface area contributed by atoms with Crippen molar-refractivity contribution in [3.05, 3.63) is 48.3 Å². The summed E-state index contributed by atoms with van der Waals surface area (Å²) in [6.07, 6.45) is 14.2. The molecule has 17 heavy (non-hydrogen) atoms. The van der Waals surface area contributed by atoms with Crippen LogP contribution in [0.15, 0.2) is 48.3 Å². The summed E-state index contributed by atoms with van der Waals surface area (Å²) in [6, 6.07) is -0.171. The second-order valence-corrected chi connectivity index (χ2v) is 3.88. The van der Waals surface area contributed by atoms with Gasteiger partial charge >= 0.3 is 0 Å². The first-order chi connectivity index (χ1) is 8.40. The molecule has 0 fully saturated rings. The molecule has 0 saturated heterocycles. The molecule has 0 aromatic heterocycles. The van der Waals surface area contributed by atoms with E-state index < -0.39 is 0 Å². The summed E-state index contributed by atoms with van der Waals surface area (Å²) in [7, 11) is 0. The third-order valence-corrected chi connectivity index (χ3v) is 2.70. The van der Waals surface area contributed by atoms with E-state index in [0.29, 0.717) is 12.2 Å². The molecule has 0 radical (unpaired) electrons. The predicted octanol–water partition coefficient (Wildman–Crippen LogP) is 2.13. The lowest BCUT2D eigenvalue weighted by Crippen LogP contribution is -2.31. The SMILES string of the molecule is O=CNC(CC1=CC=CCC1)C1=COC=CO1. The number of carbonyl (C=O) groups excluding carboxylic acids is 1. The highest BCUT2D eigenvalue weighted by molar-refractivity contribution is 5.48. The van der Waals surface area contributed by atoms with Gasteiger partial charge in [-0.1, -0.05) is 23.8 Å². The van der Waals surface area contributed by atoms with E-state index in [1.807, 2.05) is 6.08 Å². The zero-order valence-corrected chi connectivity index (χ0v) is 9.46. The Balaban J connectivity index is 2.01. The van der Waals surface area contributed by atoms with Crippen molar-refractivity contribution in [3.8, 4) is 0 Å². The Kier molecular flexibility index (Phi) is 4.02. The molecule has 1 heterocycles. The quantitative estimate of drug-likeness (QED) is 0.740. The summed E-state index contributed by atoms with van der Waals surface area (Å²) in [5, 5.41) is 2.75. The van der Waals surface area contributed by atoms with Crippen LogP contribution in [-0.4, -0.2) is 12.5 Å². The molecule has 0 saturated carbocycles. The predicted molar refractivity (Wildman–Crippen MR) is 63.5 cm³/mol. The summed E-state index contributed by atoms with van der Waals surface area (Å²) in [5.41, 5.74) is 1.30. The Labute approximate surface area is 100 Å². The fraction of sp³-hybridized carbons (Fsp3) is 0.308. The van der Waals surface area contributed by atoms with Gasteiger partial charge < -0.3 is 14.8 Å². The molecule has 1 aliphatic carbocycles. The maximum Gasteiger partial charge on any atom is 0.207 e. The highest BCUT2D eigenvalue weighted by atomic mass is 16.5. The van der Waals surface area contributed by atoms with Gasteiger partial charge in [0.1, 0.15) is 18.8 Å². The number of rotatable bonds is 5. The van der Waals surface area contributed by atoms with Crippen molar-refractivity contribution in [1.82, 2.24) is 5.32 Å². The molecule has 4 heteroatoms. The second-order valence-electron chi connectivity index (χ2n) is 3.88. The zero-order chi connectivity index (χ0) is 11.9. The van der Waals surface area contributed by atoms with Gasteiger partial charge in [0.2, 0.25) is 6.41 Å². The van der Waals surface area contributed by atoms with Crippen LogP contribution in [0.5, 0.6) is 0 Å². The molecule has 1 unspecified atom stereocenters. The van der Waals surface area contributed by atoms with Gasteiger partial charge in [0.05, 0.1) is 6.04 Å². The van der Waals surface area contributed by atoms with Crippen molar-refractivity contribution in [1.29, 1.82) is 0 Å². The molecule has 2 aliphatic rings. The molecule has 1 atom stereocenters. The molecule has 4 nitrogen and oxygen atoms in total. The van der Waals surface area contributed by atoms with E-state index in [9.17, 15) is 4.79 Å². The van der Waals surface area contributed by atoms with Crippen LogP contribution >= 0.6 is 0 Å². The van der Waals surface area contributed by atoms with E-state index in [4.69, 9.17) is 9.47 Å². The second kappa shape index (κ2) is 5.94. The zero-order valence-electron chi connectivity index (χ0n) is 9.46. The average molecular weight is 233 g/mol. The van der Waals surface area contributed by atoms with Crippen LogP contribution in [0.2, 0.25) is 0 Å². The average Bonchev–Trinajstić information content (AvgIpc) is 2.40. The van der Waals surface area contributed by atoms with Gasteiger partial charge in [0.15, 0.2) is 5.76 Å². The minimum absolute atomic E-state index is 0.171. The summed E-state index contributed by atoms with van der Waals surface area (Å²) >= 11 is 0. The number of allylic oxidation sites excluding steroid dienone is 3. The Morgan fingerprint density at radius 1 is 1.47 bits per heavy atom. The largest absolute Gasteiger partial charge is 0.466 e. The van der Waals surface area contributed by atoms with Gasteiger partial charge in [-0.2, -0.15) is 0 Å². The number of hydrogen-bond donors (Lipinski definition) is 1. The molecule has 90 valence electrons. The molecule has 1 N–H and O–H groups in total. The van der Waals surface area contributed by atoms with E-state index in [0.717, 1.165) is 19.3 Å². The Hall–Kier alpha value is -1.97. The molecular weight excluding hydrogens is 218 g/mol. The van der Waals surface area contributed by atoms with E-state index in [2.05, 4.69) is 17.5 Å². The maximum atomic E-state index is 10.6. The molecular formula is C13H15NO3. The van der Waals surface area contributed by atoms with Gasteiger partial charge in [-0.25, -0.2) is 0 Å². The molecule has 0 aromatic rings. The summed E-state index contributed by atoms with van der Waals surface area (Å²) in [5.74, 6) is 0.620. The molecule has 1 amide bonds. The van der Waals surface area contributed by atoms with Crippen LogP contribution in [0.1, 0.15) is 19.3 Å². The van der Waals surface area contributed by atoms with Crippen LogP contribution in [0.25, 0.3) is 0 Å². The van der Waals surface area contributed by atoms with Crippen LogP contribution in [0, 0.1) is 0 Å². The van der Waals surface area contributed by atoms with Crippen LogP contribution in [0.4, 0.5) is 0 Å². The van der Waals surface area contributed by atoms with Crippen LogP contribution < -0.4 is 5.32 Å². The number of nitrogens with one attached hydrogen (secondary N) is 1. The van der Waals surface area contributed by atoms with Gasteiger partial charge in [-0.3, -0.25) is 4.79 Å².